The molecule has 1 heterocycles. The molecule has 0 fully saturated rings. The molecule has 2 aromatic rings. The number of amides is 1. The number of rotatable bonds is 7. The number of carbonyl (C=O) groups is 2. The van der Waals surface area contributed by atoms with E-state index in [1.807, 2.05) is 30.3 Å². The number of nitrogens with zero attached hydrogens (tertiary/aromatic N) is 3. The van der Waals surface area contributed by atoms with Crippen LogP contribution in [0.4, 0.5) is 0 Å². The molecule has 0 bridgehead atoms. The van der Waals surface area contributed by atoms with Crippen molar-refractivity contribution in [1.82, 2.24) is 20.1 Å². The number of hydrogen-bond donors (Lipinski definition) is 2. The van der Waals surface area contributed by atoms with E-state index >= 15 is 0 Å². The van der Waals surface area contributed by atoms with Crippen molar-refractivity contribution in [3.05, 3.63) is 42.5 Å². The van der Waals surface area contributed by atoms with Crippen LogP contribution in [-0.4, -0.2) is 51.0 Å². The lowest BCUT2D eigenvalue weighted by molar-refractivity contribution is -0.139. The predicted octanol–water partition coefficient (Wildman–Crippen LogP) is 0.877. The van der Waals surface area contributed by atoms with Crippen molar-refractivity contribution in [3.8, 4) is 5.69 Å². The van der Waals surface area contributed by atoms with Gasteiger partial charge in [0.1, 0.15) is 6.33 Å². The van der Waals surface area contributed by atoms with Gasteiger partial charge < -0.3 is 15.2 Å². The van der Waals surface area contributed by atoms with E-state index in [0.717, 1.165) is 5.69 Å². The average Bonchev–Trinajstić information content (AvgIpc) is 2.97. The number of nitrogens with one attached hydrogen (secondary N) is 1. The first-order valence-corrected chi connectivity index (χ1v) is 6.94. The molecule has 0 aliphatic carbocycles. The summed E-state index contributed by atoms with van der Waals surface area (Å²) in [6.45, 7) is 1.65. The zero-order valence-corrected chi connectivity index (χ0v) is 12.9. The fraction of sp³-hybridized carbons (Fsp3) is 0.333. The Bertz CT molecular complexity index is 686. The van der Waals surface area contributed by atoms with Gasteiger partial charge in [0, 0.05) is 7.11 Å². The van der Waals surface area contributed by atoms with Crippen molar-refractivity contribution >= 4 is 11.9 Å². The fourth-order valence-corrected chi connectivity index (χ4v) is 2.19. The topological polar surface area (TPSA) is 106 Å². The quantitative estimate of drug-likeness (QED) is 0.785. The number of hydrogen-bond acceptors (Lipinski definition) is 5. The maximum Gasteiger partial charge on any atom is 0.305 e. The van der Waals surface area contributed by atoms with Crippen LogP contribution in [0.5, 0.6) is 0 Å². The number of para-hydroxylation sites is 1. The Morgan fingerprint density at radius 1 is 1.35 bits per heavy atom. The predicted molar refractivity (Wildman–Crippen MR) is 81.4 cm³/mol. The van der Waals surface area contributed by atoms with E-state index < -0.39 is 17.4 Å². The molecule has 1 aromatic heterocycles. The molecule has 1 amide bonds. The summed E-state index contributed by atoms with van der Waals surface area (Å²) in [6.07, 6.45) is 1.15. The number of benzene rings is 1. The van der Waals surface area contributed by atoms with E-state index in [4.69, 9.17) is 9.84 Å². The lowest BCUT2D eigenvalue weighted by atomic mass is 9.99. The lowest BCUT2D eigenvalue weighted by Gasteiger charge is -2.27. The number of aromatic nitrogens is 3. The highest BCUT2D eigenvalue weighted by molar-refractivity contribution is 5.91. The third-order valence-electron chi connectivity index (χ3n) is 3.14. The molecule has 0 radical (unpaired) electrons. The maximum atomic E-state index is 12.3. The summed E-state index contributed by atoms with van der Waals surface area (Å²) in [6, 6.07) is 9.22. The van der Waals surface area contributed by atoms with Gasteiger partial charge in [-0.1, -0.05) is 18.2 Å². The van der Waals surface area contributed by atoms with Crippen LogP contribution < -0.4 is 5.32 Å². The number of carboxylic acids is 1. The molecule has 8 heteroatoms. The van der Waals surface area contributed by atoms with Gasteiger partial charge in [0.05, 0.1) is 24.3 Å². The average molecular weight is 318 g/mol. The van der Waals surface area contributed by atoms with Gasteiger partial charge >= 0.3 is 5.97 Å². The van der Waals surface area contributed by atoms with Gasteiger partial charge in [-0.05, 0) is 19.1 Å². The first kappa shape index (κ1) is 16.6. The number of carboxylic acid groups (broad SMARTS) is 1. The first-order chi connectivity index (χ1) is 10.9. The van der Waals surface area contributed by atoms with Crippen LogP contribution >= 0.6 is 0 Å². The molecule has 2 rings (SSSR count). The molecule has 1 atom stereocenters. The molecule has 1 unspecified atom stereocenters. The van der Waals surface area contributed by atoms with Gasteiger partial charge in [-0.25, -0.2) is 9.67 Å². The van der Waals surface area contributed by atoms with Crippen LogP contribution in [0.3, 0.4) is 0 Å². The second-order valence-corrected chi connectivity index (χ2v) is 5.37. The van der Waals surface area contributed by atoms with Crippen LogP contribution in [0.2, 0.25) is 0 Å². The molecule has 0 spiro atoms. The van der Waals surface area contributed by atoms with Crippen LogP contribution in [0.1, 0.15) is 24.0 Å². The van der Waals surface area contributed by atoms with E-state index in [1.165, 1.54) is 18.1 Å². The summed E-state index contributed by atoms with van der Waals surface area (Å²) in [4.78, 5) is 27.2. The Kier molecular flexibility index (Phi) is 5.07. The highest BCUT2D eigenvalue weighted by Gasteiger charge is 2.31. The van der Waals surface area contributed by atoms with Crippen LogP contribution in [-0.2, 0) is 9.53 Å². The highest BCUT2D eigenvalue weighted by Crippen LogP contribution is 2.12. The lowest BCUT2D eigenvalue weighted by Crippen LogP contribution is -2.51. The monoisotopic (exact) mass is 318 g/mol. The van der Waals surface area contributed by atoms with E-state index in [2.05, 4.69) is 15.4 Å². The van der Waals surface area contributed by atoms with Crippen molar-refractivity contribution in [1.29, 1.82) is 0 Å². The van der Waals surface area contributed by atoms with Gasteiger partial charge in [0.15, 0.2) is 0 Å². The van der Waals surface area contributed by atoms with Gasteiger partial charge in [-0.2, -0.15) is 0 Å². The zero-order chi connectivity index (χ0) is 16.9. The van der Waals surface area contributed by atoms with E-state index in [9.17, 15) is 9.59 Å². The molecule has 0 aliphatic rings. The van der Waals surface area contributed by atoms with Gasteiger partial charge in [-0.3, -0.25) is 9.59 Å². The number of ether oxygens (including phenoxy) is 1. The van der Waals surface area contributed by atoms with Crippen molar-refractivity contribution in [2.75, 3.05) is 13.7 Å². The molecular weight excluding hydrogens is 300 g/mol. The Balaban J connectivity index is 2.14. The Hall–Kier alpha value is -2.74. The molecule has 0 saturated heterocycles. The van der Waals surface area contributed by atoms with E-state index in [-0.39, 0.29) is 18.9 Å². The molecule has 122 valence electrons. The van der Waals surface area contributed by atoms with Gasteiger partial charge in [0.2, 0.25) is 5.82 Å². The standard InChI is InChI=1S/C15H18N4O4/c1-15(9-23-2,8-12(20)21)17-14(22)13-16-10-19(18-13)11-6-4-3-5-7-11/h3-7,10H,8-9H2,1-2H3,(H,17,22)(H,20,21). The van der Waals surface area contributed by atoms with Gasteiger partial charge in [0.25, 0.3) is 5.91 Å². The maximum absolute atomic E-state index is 12.3. The molecule has 0 saturated carbocycles. The van der Waals surface area contributed by atoms with Gasteiger partial charge in [-0.15, -0.1) is 5.10 Å². The second-order valence-electron chi connectivity index (χ2n) is 5.37. The van der Waals surface area contributed by atoms with E-state index in [1.54, 1.807) is 6.92 Å². The SMILES string of the molecule is COCC(C)(CC(=O)O)NC(=O)c1ncn(-c2ccccc2)n1. The van der Waals surface area contributed by atoms with Crippen molar-refractivity contribution < 1.29 is 19.4 Å². The third kappa shape index (κ3) is 4.36. The minimum Gasteiger partial charge on any atom is -0.481 e. The fourth-order valence-electron chi connectivity index (χ4n) is 2.19. The summed E-state index contributed by atoms with van der Waals surface area (Å²) >= 11 is 0. The smallest absolute Gasteiger partial charge is 0.305 e. The molecule has 8 nitrogen and oxygen atoms in total. The molecular formula is C15H18N4O4. The second kappa shape index (κ2) is 7.01. The minimum absolute atomic E-state index is 0.0402. The zero-order valence-electron chi connectivity index (χ0n) is 12.9. The molecule has 0 aliphatic heterocycles. The Morgan fingerprint density at radius 2 is 2.04 bits per heavy atom. The summed E-state index contributed by atoms with van der Waals surface area (Å²) < 4.78 is 6.47. The number of aliphatic carboxylic acids is 1. The van der Waals surface area contributed by atoms with E-state index in [0.29, 0.717) is 0 Å². The van der Waals surface area contributed by atoms with Crippen molar-refractivity contribution in [3.63, 3.8) is 0 Å². The number of carbonyl (C=O) groups excluding carboxylic acids is 1. The molecule has 2 N–H and O–H groups in total. The van der Waals surface area contributed by atoms with Crippen molar-refractivity contribution in [2.45, 2.75) is 18.9 Å². The van der Waals surface area contributed by atoms with Crippen LogP contribution in [0.15, 0.2) is 36.7 Å². The van der Waals surface area contributed by atoms with Crippen LogP contribution in [0.25, 0.3) is 5.69 Å². The first-order valence-electron chi connectivity index (χ1n) is 6.94. The Labute approximate surface area is 133 Å². The van der Waals surface area contributed by atoms with Crippen LogP contribution in [0, 0.1) is 0 Å². The normalized spacial score (nSPS) is 13.3. The number of methoxy groups -OCH3 is 1. The minimum atomic E-state index is -1.05. The van der Waals surface area contributed by atoms with Crippen molar-refractivity contribution in [2.24, 2.45) is 0 Å². The molecule has 1 aromatic carbocycles. The summed E-state index contributed by atoms with van der Waals surface area (Å²) in [5.74, 6) is -1.63. The summed E-state index contributed by atoms with van der Waals surface area (Å²) in [7, 11) is 1.44. The third-order valence-corrected chi connectivity index (χ3v) is 3.14. The molecule has 23 heavy (non-hydrogen) atoms. The summed E-state index contributed by atoms with van der Waals surface area (Å²) in [5, 5.41) is 15.7. The largest absolute Gasteiger partial charge is 0.481 e. The highest BCUT2D eigenvalue weighted by atomic mass is 16.5. The summed E-state index contributed by atoms with van der Waals surface area (Å²) in [5.41, 5.74) is -0.278. The Morgan fingerprint density at radius 3 is 2.65 bits per heavy atom.